The van der Waals surface area contributed by atoms with Crippen LogP contribution in [0.4, 0.5) is 11.4 Å². The minimum Gasteiger partial charge on any atom is -0.481 e. The average molecular weight is 493 g/mol. The van der Waals surface area contributed by atoms with Crippen molar-refractivity contribution in [3.05, 3.63) is 82.3 Å². The van der Waals surface area contributed by atoms with E-state index in [1.54, 1.807) is 6.07 Å². The molecule has 0 unspecified atom stereocenters. The molecule has 0 spiro atoms. The van der Waals surface area contributed by atoms with Crippen molar-refractivity contribution in [2.75, 3.05) is 10.0 Å². The Bertz CT molecular complexity index is 1210. The van der Waals surface area contributed by atoms with Crippen LogP contribution in [0.3, 0.4) is 0 Å². The number of sulfonamides is 1. The van der Waals surface area contributed by atoms with Gasteiger partial charge in [0.25, 0.3) is 15.9 Å². The molecule has 0 bridgehead atoms. The number of hydrogen-bond donors (Lipinski definition) is 2. The van der Waals surface area contributed by atoms with Gasteiger partial charge in [-0.05, 0) is 73.5 Å². The fourth-order valence-corrected chi connectivity index (χ4v) is 4.48. The van der Waals surface area contributed by atoms with Gasteiger partial charge in [-0.1, -0.05) is 42.3 Å². The molecule has 0 saturated heterocycles. The Hall–Kier alpha value is -2.74. The van der Waals surface area contributed by atoms with E-state index in [1.807, 2.05) is 32.0 Å². The molecule has 0 aliphatic rings. The highest BCUT2D eigenvalue weighted by Crippen LogP contribution is 2.28. The normalized spacial score (nSPS) is 12.1. The summed E-state index contributed by atoms with van der Waals surface area (Å²) in [6, 6.07) is 17.7. The highest BCUT2D eigenvalue weighted by atomic mass is 35.5. The molecule has 2 N–H and O–H groups in total. The Balaban J connectivity index is 1.68. The first-order chi connectivity index (χ1) is 15.2. The minimum atomic E-state index is -3.87. The van der Waals surface area contributed by atoms with Crippen molar-refractivity contribution in [1.82, 2.24) is 0 Å². The van der Waals surface area contributed by atoms with Crippen molar-refractivity contribution in [3.63, 3.8) is 0 Å². The zero-order valence-corrected chi connectivity index (χ0v) is 19.8. The van der Waals surface area contributed by atoms with E-state index in [0.717, 1.165) is 5.56 Å². The molecule has 3 aromatic rings. The van der Waals surface area contributed by atoms with Gasteiger partial charge in [0, 0.05) is 10.7 Å². The fourth-order valence-electron chi connectivity index (χ4n) is 2.89. The van der Waals surface area contributed by atoms with Crippen LogP contribution in [0.25, 0.3) is 0 Å². The number of ether oxygens (including phenoxy) is 1. The molecule has 3 aromatic carbocycles. The molecule has 0 saturated carbocycles. The van der Waals surface area contributed by atoms with Gasteiger partial charge in [-0.3, -0.25) is 9.52 Å². The molecule has 168 valence electrons. The number of amides is 1. The number of benzene rings is 3. The largest absolute Gasteiger partial charge is 0.481 e. The van der Waals surface area contributed by atoms with Crippen LogP contribution in [-0.4, -0.2) is 20.4 Å². The molecule has 0 heterocycles. The lowest BCUT2D eigenvalue weighted by atomic mass is 10.2. The number of halogens is 2. The highest BCUT2D eigenvalue weighted by Gasteiger charge is 2.20. The summed E-state index contributed by atoms with van der Waals surface area (Å²) in [6.45, 7) is 3.79. The standard InChI is InChI=1S/C23H22Cl2N2O4S/c1-3-22(31-18-6-4-5-15(2)13-18)23(28)26-17-8-10-19(11-9-17)32(29,30)27-21-12-7-16(24)14-20(21)25/h4-14,22,27H,3H2,1-2H3,(H,26,28)/t22-/m1/s1. The van der Waals surface area contributed by atoms with Gasteiger partial charge in [-0.15, -0.1) is 0 Å². The monoisotopic (exact) mass is 492 g/mol. The molecule has 0 radical (unpaired) electrons. The van der Waals surface area contributed by atoms with Gasteiger partial charge in [0.15, 0.2) is 6.10 Å². The summed E-state index contributed by atoms with van der Waals surface area (Å²) in [5, 5.41) is 3.34. The maximum Gasteiger partial charge on any atom is 0.265 e. The molecular formula is C23H22Cl2N2O4S. The zero-order chi connectivity index (χ0) is 23.3. The van der Waals surface area contributed by atoms with Crippen LogP contribution < -0.4 is 14.8 Å². The summed E-state index contributed by atoms with van der Waals surface area (Å²) in [6.07, 6.45) is -0.216. The van der Waals surface area contributed by atoms with Crippen LogP contribution in [0.5, 0.6) is 5.75 Å². The van der Waals surface area contributed by atoms with E-state index in [4.69, 9.17) is 27.9 Å². The molecule has 9 heteroatoms. The summed E-state index contributed by atoms with van der Waals surface area (Å²) in [4.78, 5) is 12.6. The number of carbonyl (C=O) groups is 1. The van der Waals surface area contributed by atoms with Crippen LogP contribution in [-0.2, 0) is 14.8 Å². The van der Waals surface area contributed by atoms with Crippen LogP contribution >= 0.6 is 23.2 Å². The molecule has 1 atom stereocenters. The molecule has 0 aliphatic heterocycles. The van der Waals surface area contributed by atoms with Gasteiger partial charge in [0.05, 0.1) is 15.6 Å². The van der Waals surface area contributed by atoms with Gasteiger partial charge in [-0.25, -0.2) is 8.42 Å². The van der Waals surface area contributed by atoms with Crippen molar-refractivity contribution < 1.29 is 17.9 Å². The molecule has 0 aliphatic carbocycles. The maximum atomic E-state index is 12.6. The van der Waals surface area contributed by atoms with Crippen LogP contribution in [0.15, 0.2) is 71.6 Å². The molecular weight excluding hydrogens is 471 g/mol. The maximum absolute atomic E-state index is 12.6. The molecule has 0 fully saturated rings. The Kier molecular flexibility index (Phi) is 7.66. The number of aryl methyl sites for hydroxylation is 1. The van der Waals surface area contributed by atoms with E-state index in [2.05, 4.69) is 10.0 Å². The molecule has 3 rings (SSSR count). The second-order valence-corrected chi connectivity index (χ2v) is 9.60. The summed E-state index contributed by atoms with van der Waals surface area (Å²) >= 11 is 11.9. The summed E-state index contributed by atoms with van der Waals surface area (Å²) in [7, 11) is -3.87. The predicted molar refractivity (Wildman–Crippen MR) is 128 cm³/mol. The molecule has 32 heavy (non-hydrogen) atoms. The van der Waals surface area contributed by atoms with Gasteiger partial charge in [-0.2, -0.15) is 0 Å². The second-order valence-electron chi connectivity index (χ2n) is 7.07. The van der Waals surface area contributed by atoms with Crippen molar-refractivity contribution in [2.45, 2.75) is 31.3 Å². The van der Waals surface area contributed by atoms with E-state index < -0.39 is 16.1 Å². The fraction of sp³-hybridized carbons (Fsp3) is 0.174. The third-order valence-electron chi connectivity index (χ3n) is 4.54. The lowest BCUT2D eigenvalue weighted by Crippen LogP contribution is -2.32. The summed E-state index contributed by atoms with van der Waals surface area (Å²) < 4.78 is 33.5. The predicted octanol–water partition coefficient (Wildman–Crippen LogP) is 5.90. The van der Waals surface area contributed by atoms with E-state index in [1.165, 1.54) is 42.5 Å². The summed E-state index contributed by atoms with van der Waals surface area (Å²) in [5.41, 5.74) is 1.69. The summed E-state index contributed by atoms with van der Waals surface area (Å²) in [5.74, 6) is 0.288. The topological polar surface area (TPSA) is 84.5 Å². The zero-order valence-electron chi connectivity index (χ0n) is 17.4. The number of carbonyl (C=O) groups excluding carboxylic acids is 1. The van der Waals surface area contributed by atoms with Crippen LogP contribution in [0, 0.1) is 6.92 Å². The number of nitrogens with one attached hydrogen (secondary N) is 2. The minimum absolute atomic E-state index is 0.0181. The lowest BCUT2D eigenvalue weighted by molar-refractivity contribution is -0.122. The Labute approximate surface area is 197 Å². The van der Waals surface area contributed by atoms with Gasteiger partial charge < -0.3 is 10.1 Å². The first-order valence-electron chi connectivity index (χ1n) is 9.80. The third kappa shape index (κ3) is 6.16. The number of hydrogen-bond acceptors (Lipinski definition) is 4. The van der Waals surface area contributed by atoms with Crippen LogP contribution in [0.1, 0.15) is 18.9 Å². The molecule has 1 amide bonds. The SMILES string of the molecule is CC[C@@H](Oc1cccc(C)c1)C(=O)Nc1ccc(S(=O)(=O)Nc2ccc(Cl)cc2Cl)cc1. The van der Waals surface area contributed by atoms with Gasteiger partial charge in [0.2, 0.25) is 0 Å². The van der Waals surface area contributed by atoms with Crippen molar-refractivity contribution >= 4 is 50.5 Å². The third-order valence-corrected chi connectivity index (χ3v) is 6.47. The second kappa shape index (κ2) is 10.3. The highest BCUT2D eigenvalue weighted by molar-refractivity contribution is 7.92. The first kappa shape index (κ1) is 23.9. The lowest BCUT2D eigenvalue weighted by Gasteiger charge is -2.18. The van der Waals surface area contributed by atoms with Gasteiger partial charge >= 0.3 is 0 Å². The van der Waals surface area contributed by atoms with E-state index in [-0.39, 0.29) is 21.5 Å². The van der Waals surface area contributed by atoms with E-state index in [9.17, 15) is 13.2 Å². The number of rotatable bonds is 8. The average Bonchev–Trinajstić information content (AvgIpc) is 2.74. The smallest absolute Gasteiger partial charge is 0.265 e. The Morgan fingerprint density at radius 3 is 2.38 bits per heavy atom. The molecule has 0 aromatic heterocycles. The van der Waals surface area contributed by atoms with E-state index >= 15 is 0 Å². The van der Waals surface area contributed by atoms with Crippen molar-refractivity contribution in [2.24, 2.45) is 0 Å². The van der Waals surface area contributed by atoms with Crippen LogP contribution in [0.2, 0.25) is 10.0 Å². The Morgan fingerprint density at radius 2 is 1.75 bits per heavy atom. The Morgan fingerprint density at radius 1 is 1.03 bits per heavy atom. The van der Waals surface area contributed by atoms with Crippen molar-refractivity contribution in [1.29, 1.82) is 0 Å². The van der Waals surface area contributed by atoms with E-state index in [0.29, 0.717) is 22.9 Å². The van der Waals surface area contributed by atoms with Crippen molar-refractivity contribution in [3.8, 4) is 5.75 Å². The number of anilines is 2. The molecule has 6 nitrogen and oxygen atoms in total. The first-order valence-corrected chi connectivity index (χ1v) is 12.0. The quantitative estimate of drug-likeness (QED) is 0.409. The van der Waals surface area contributed by atoms with Gasteiger partial charge in [0.1, 0.15) is 5.75 Å².